The molecule has 4 heterocycles. The number of H-pyrrole nitrogens is 1. The van der Waals surface area contributed by atoms with Gasteiger partial charge in [-0.15, -0.1) is 11.3 Å². The average molecular weight is 456 g/mol. The van der Waals surface area contributed by atoms with Crippen molar-refractivity contribution in [1.82, 2.24) is 19.9 Å². The first kappa shape index (κ1) is 21.3. The minimum Gasteiger partial charge on any atom is -0.457 e. The number of hydrogen-bond acceptors (Lipinski definition) is 7. The Morgan fingerprint density at radius 2 is 2.16 bits per heavy atom. The highest BCUT2D eigenvalue weighted by atomic mass is 32.1. The van der Waals surface area contributed by atoms with Gasteiger partial charge in [-0.1, -0.05) is 0 Å². The molecule has 32 heavy (non-hydrogen) atoms. The number of carbonyl (C=O) groups is 3. The van der Waals surface area contributed by atoms with Gasteiger partial charge in [0.15, 0.2) is 5.82 Å². The fourth-order valence-corrected chi connectivity index (χ4v) is 4.36. The summed E-state index contributed by atoms with van der Waals surface area (Å²) < 4.78 is 5.65. The van der Waals surface area contributed by atoms with E-state index in [0.29, 0.717) is 24.4 Å². The van der Waals surface area contributed by atoms with Gasteiger partial charge in [-0.2, -0.15) is 0 Å². The second kappa shape index (κ2) is 9.47. The third kappa shape index (κ3) is 5.03. The molecule has 3 aromatic rings. The zero-order valence-electron chi connectivity index (χ0n) is 16.9. The number of likely N-dealkylation sites (tertiary alicyclic amines) is 1. The van der Waals surface area contributed by atoms with Crippen molar-refractivity contribution in [2.24, 2.45) is 5.73 Å². The lowest BCUT2D eigenvalue weighted by Gasteiger charge is -2.31. The summed E-state index contributed by atoms with van der Waals surface area (Å²) >= 11 is 1.24. The van der Waals surface area contributed by atoms with Crippen LogP contribution >= 0.6 is 11.3 Å². The Bertz CT molecular complexity index is 1100. The van der Waals surface area contributed by atoms with Crippen molar-refractivity contribution < 1.29 is 19.1 Å². The van der Waals surface area contributed by atoms with E-state index in [2.05, 4.69) is 25.6 Å². The van der Waals surface area contributed by atoms with Gasteiger partial charge in [-0.05, 0) is 25.0 Å². The monoisotopic (exact) mass is 455 g/mol. The summed E-state index contributed by atoms with van der Waals surface area (Å²) in [6.07, 6.45) is 8.74. The molecule has 0 saturated carbocycles. The Hall–Kier alpha value is -3.93. The zero-order chi connectivity index (χ0) is 22.5. The maximum absolute atomic E-state index is 13.0. The number of nitrogens with two attached hydrogens (primary N) is 1. The van der Waals surface area contributed by atoms with Gasteiger partial charge in [0.1, 0.15) is 11.1 Å². The first-order chi connectivity index (χ1) is 15.5. The Labute approximate surface area is 187 Å². The van der Waals surface area contributed by atoms with E-state index in [1.165, 1.54) is 34.8 Å². The number of primary amides is 1. The van der Waals surface area contributed by atoms with Crippen LogP contribution in [0.2, 0.25) is 0 Å². The standard InChI is InChI=1S/C20H21N7O4S/c21-19(29)27-7-1-2-13(11-27)31-18(28)14-8-15(12-3-4-22-9-12)32-17(14)26-20(30)25-16-10-23-5-6-24-16/h3-6,8-10,13,22H,1-2,7,11H2,(H2,21,29)(H2,24,25,26,30). The molecule has 0 aliphatic carbocycles. The van der Waals surface area contributed by atoms with Crippen molar-refractivity contribution in [3.8, 4) is 10.4 Å². The molecule has 1 aliphatic rings. The highest BCUT2D eigenvalue weighted by molar-refractivity contribution is 7.20. The minimum absolute atomic E-state index is 0.219. The number of nitrogens with one attached hydrogen (secondary N) is 3. The van der Waals surface area contributed by atoms with E-state index in [1.54, 1.807) is 18.5 Å². The number of carbonyl (C=O) groups excluding carboxylic acids is 3. The topological polar surface area (TPSA) is 155 Å². The average Bonchev–Trinajstić information content (AvgIpc) is 3.44. The van der Waals surface area contributed by atoms with E-state index in [-0.39, 0.29) is 17.9 Å². The molecular weight excluding hydrogens is 434 g/mol. The Morgan fingerprint density at radius 3 is 2.88 bits per heavy atom. The van der Waals surface area contributed by atoms with Crippen LogP contribution in [0.3, 0.4) is 0 Å². The van der Waals surface area contributed by atoms with Crippen LogP contribution in [0.5, 0.6) is 0 Å². The number of rotatable bonds is 5. The van der Waals surface area contributed by atoms with Gasteiger partial charge >= 0.3 is 18.0 Å². The highest BCUT2D eigenvalue weighted by Gasteiger charge is 2.28. The molecule has 0 radical (unpaired) electrons. The molecule has 1 aliphatic heterocycles. The summed E-state index contributed by atoms with van der Waals surface area (Å²) in [6.45, 7) is 0.778. The van der Waals surface area contributed by atoms with Crippen LogP contribution in [0, 0.1) is 0 Å². The molecule has 1 unspecified atom stereocenters. The maximum Gasteiger partial charge on any atom is 0.341 e. The number of aromatic nitrogens is 3. The van der Waals surface area contributed by atoms with Gasteiger partial charge in [0.05, 0.1) is 18.3 Å². The summed E-state index contributed by atoms with van der Waals surface area (Å²) in [5, 5.41) is 5.59. The number of piperidine rings is 1. The first-order valence-corrected chi connectivity index (χ1v) is 10.7. The largest absolute Gasteiger partial charge is 0.457 e. The van der Waals surface area contributed by atoms with Crippen LogP contribution in [0.25, 0.3) is 10.4 Å². The molecule has 166 valence electrons. The van der Waals surface area contributed by atoms with Crippen LogP contribution in [0.1, 0.15) is 23.2 Å². The van der Waals surface area contributed by atoms with E-state index >= 15 is 0 Å². The molecule has 1 fully saturated rings. The number of amides is 4. The molecular formula is C20H21N7O4S. The molecule has 11 nitrogen and oxygen atoms in total. The van der Waals surface area contributed by atoms with Gasteiger partial charge in [-0.3, -0.25) is 15.6 Å². The SMILES string of the molecule is NC(=O)N1CCCC(OC(=O)c2cc(-c3cc[nH]c3)sc2NC(=O)Nc2cnccn2)C1. The molecule has 0 bridgehead atoms. The van der Waals surface area contributed by atoms with Crippen LogP contribution in [-0.2, 0) is 4.74 Å². The normalized spacial score (nSPS) is 15.8. The third-order valence-electron chi connectivity index (χ3n) is 4.83. The second-order valence-electron chi connectivity index (χ2n) is 7.08. The van der Waals surface area contributed by atoms with Crippen molar-refractivity contribution in [3.63, 3.8) is 0 Å². The van der Waals surface area contributed by atoms with E-state index in [9.17, 15) is 14.4 Å². The zero-order valence-corrected chi connectivity index (χ0v) is 17.7. The number of ether oxygens (including phenoxy) is 1. The van der Waals surface area contributed by atoms with Gasteiger partial charge < -0.3 is 20.4 Å². The summed E-state index contributed by atoms with van der Waals surface area (Å²) in [6, 6.07) is 2.41. The van der Waals surface area contributed by atoms with Crippen LogP contribution in [0.4, 0.5) is 20.4 Å². The minimum atomic E-state index is -0.589. The Morgan fingerprint density at radius 1 is 1.28 bits per heavy atom. The van der Waals surface area contributed by atoms with E-state index in [0.717, 1.165) is 10.4 Å². The first-order valence-electron chi connectivity index (χ1n) is 9.86. The van der Waals surface area contributed by atoms with Crippen molar-refractivity contribution in [3.05, 3.63) is 48.7 Å². The number of esters is 1. The van der Waals surface area contributed by atoms with Crippen LogP contribution in [-0.4, -0.2) is 57.1 Å². The fourth-order valence-electron chi connectivity index (χ4n) is 3.32. The van der Waals surface area contributed by atoms with Crippen molar-refractivity contribution in [2.45, 2.75) is 18.9 Å². The quantitative estimate of drug-likeness (QED) is 0.434. The smallest absolute Gasteiger partial charge is 0.341 e. The summed E-state index contributed by atoms with van der Waals surface area (Å²) in [5.74, 6) is -0.320. The van der Waals surface area contributed by atoms with Crippen LogP contribution < -0.4 is 16.4 Å². The van der Waals surface area contributed by atoms with E-state index < -0.39 is 24.1 Å². The van der Waals surface area contributed by atoms with Gasteiger partial charge in [0, 0.05) is 41.8 Å². The van der Waals surface area contributed by atoms with Gasteiger partial charge in [0.25, 0.3) is 0 Å². The lowest BCUT2D eigenvalue weighted by atomic mass is 10.1. The molecule has 12 heteroatoms. The van der Waals surface area contributed by atoms with E-state index in [1.807, 2.05) is 6.07 Å². The van der Waals surface area contributed by atoms with Crippen molar-refractivity contribution in [1.29, 1.82) is 0 Å². The molecule has 1 atom stereocenters. The van der Waals surface area contributed by atoms with Crippen molar-refractivity contribution in [2.75, 3.05) is 23.7 Å². The summed E-state index contributed by atoms with van der Waals surface area (Å²) in [7, 11) is 0. The van der Waals surface area contributed by atoms with E-state index in [4.69, 9.17) is 10.5 Å². The lowest BCUT2D eigenvalue weighted by molar-refractivity contribution is 0.0129. The van der Waals surface area contributed by atoms with Crippen LogP contribution in [0.15, 0.2) is 43.1 Å². The van der Waals surface area contributed by atoms with Gasteiger partial charge in [-0.25, -0.2) is 19.4 Å². The lowest BCUT2D eigenvalue weighted by Crippen LogP contribution is -2.46. The molecule has 1 saturated heterocycles. The Kier molecular flexibility index (Phi) is 6.31. The molecule has 0 spiro atoms. The van der Waals surface area contributed by atoms with Crippen molar-refractivity contribution >= 4 is 40.2 Å². The number of thiophene rings is 1. The molecule has 5 N–H and O–H groups in total. The Balaban J connectivity index is 1.52. The molecule has 4 rings (SSSR count). The predicted molar refractivity (Wildman–Crippen MR) is 118 cm³/mol. The number of hydrogen-bond donors (Lipinski definition) is 4. The molecule has 0 aromatic carbocycles. The summed E-state index contributed by atoms with van der Waals surface area (Å²) in [5.41, 5.74) is 6.44. The molecule has 3 aromatic heterocycles. The number of anilines is 2. The number of urea groups is 2. The highest BCUT2D eigenvalue weighted by Crippen LogP contribution is 2.36. The molecule has 4 amide bonds. The summed E-state index contributed by atoms with van der Waals surface area (Å²) in [4.78, 5) is 50.0. The second-order valence-corrected chi connectivity index (χ2v) is 8.13. The maximum atomic E-state index is 13.0. The number of aromatic amines is 1. The third-order valence-corrected chi connectivity index (χ3v) is 5.93. The fraction of sp³-hybridized carbons (Fsp3) is 0.250. The number of nitrogens with zero attached hydrogens (tertiary/aromatic N) is 3. The van der Waals surface area contributed by atoms with Gasteiger partial charge in [0.2, 0.25) is 0 Å². The predicted octanol–water partition coefficient (Wildman–Crippen LogP) is 2.88.